The smallest absolute Gasteiger partial charge is 0.241 e. The number of primary amides is 1. The van der Waals surface area contributed by atoms with Gasteiger partial charge in [0.15, 0.2) is 0 Å². The first-order valence-electron chi connectivity index (χ1n) is 5.24. The van der Waals surface area contributed by atoms with E-state index in [1.54, 1.807) is 13.0 Å². The van der Waals surface area contributed by atoms with Crippen LogP contribution in [0.5, 0.6) is 5.75 Å². The zero-order valence-electron chi connectivity index (χ0n) is 10.4. The molecular formula is C11H16N2O4S. The lowest BCUT2D eigenvalue weighted by molar-refractivity contribution is -0.119. The van der Waals surface area contributed by atoms with E-state index in [4.69, 9.17) is 10.5 Å². The molecule has 18 heavy (non-hydrogen) atoms. The molecule has 0 saturated heterocycles. The zero-order chi connectivity index (χ0) is 13.9. The molecule has 0 aliphatic carbocycles. The van der Waals surface area contributed by atoms with Crippen molar-refractivity contribution in [2.45, 2.75) is 24.8 Å². The minimum Gasteiger partial charge on any atom is -0.496 e. The van der Waals surface area contributed by atoms with Crippen LogP contribution in [0.15, 0.2) is 23.1 Å². The van der Waals surface area contributed by atoms with Crippen molar-refractivity contribution in [1.29, 1.82) is 0 Å². The second kappa shape index (κ2) is 5.36. The first-order valence-corrected chi connectivity index (χ1v) is 6.72. The van der Waals surface area contributed by atoms with Gasteiger partial charge in [0.1, 0.15) is 5.75 Å². The van der Waals surface area contributed by atoms with Gasteiger partial charge in [-0.2, -0.15) is 4.72 Å². The Kier molecular flexibility index (Phi) is 4.31. The molecule has 0 radical (unpaired) electrons. The number of nitrogens with two attached hydrogens (primary N) is 1. The fraction of sp³-hybridized carbons (Fsp3) is 0.364. The molecule has 0 saturated carbocycles. The number of carbonyl (C=O) groups is 1. The normalized spacial score (nSPS) is 13.1. The standard InChI is InChI=1S/C11H16N2O4S/c1-7-6-9(4-5-10(7)17-3)18(15,16)13-8(2)11(12)14/h4-6,8,13H,1-3H3,(H2,12,14). The Labute approximate surface area is 106 Å². The van der Waals surface area contributed by atoms with Gasteiger partial charge in [-0.3, -0.25) is 4.79 Å². The average Bonchev–Trinajstić information content (AvgIpc) is 2.28. The first-order chi connectivity index (χ1) is 8.27. The van der Waals surface area contributed by atoms with Crippen LogP contribution in [0, 0.1) is 6.92 Å². The summed E-state index contributed by atoms with van der Waals surface area (Å²) >= 11 is 0. The number of hydrogen-bond donors (Lipinski definition) is 2. The van der Waals surface area contributed by atoms with Crippen molar-refractivity contribution >= 4 is 15.9 Å². The Hall–Kier alpha value is -1.60. The van der Waals surface area contributed by atoms with E-state index < -0.39 is 22.0 Å². The van der Waals surface area contributed by atoms with E-state index in [2.05, 4.69) is 4.72 Å². The van der Waals surface area contributed by atoms with Crippen molar-refractivity contribution in [1.82, 2.24) is 4.72 Å². The molecule has 0 aliphatic heterocycles. The minimum atomic E-state index is -3.76. The molecule has 6 nitrogen and oxygen atoms in total. The molecule has 0 spiro atoms. The van der Waals surface area contributed by atoms with Crippen molar-refractivity contribution in [3.63, 3.8) is 0 Å². The summed E-state index contributed by atoms with van der Waals surface area (Å²) in [7, 11) is -2.25. The molecular weight excluding hydrogens is 256 g/mol. The van der Waals surface area contributed by atoms with Gasteiger partial charge in [0, 0.05) is 0 Å². The lowest BCUT2D eigenvalue weighted by Crippen LogP contribution is -2.42. The zero-order valence-corrected chi connectivity index (χ0v) is 11.2. The van der Waals surface area contributed by atoms with E-state index >= 15 is 0 Å². The lowest BCUT2D eigenvalue weighted by atomic mass is 10.2. The maximum atomic E-state index is 11.9. The number of amides is 1. The maximum Gasteiger partial charge on any atom is 0.241 e. The van der Waals surface area contributed by atoms with Gasteiger partial charge in [-0.05, 0) is 37.6 Å². The highest BCUT2D eigenvalue weighted by atomic mass is 32.2. The number of nitrogens with one attached hydrogen (secondary N) is 1. The van der Waals surface area contributed by atoms with Gasteiger partial charge in [0.05, 0.1) is 18.0 Å². The van der Waals surface area contributed by atoms with Gasteiger partial charge in [0.25, 0.3) is 0 Å². The van der Waals surface area contributed by atoms with Crippen molar-refractivity contribution in [2.24, 2.45) is 5.73 Å². The van der Waals surface area contributed by atoms with E-state index in [0.29, 0.717) is 11.3 Å². The highest BCUT2D eigenvalue weighted by molar-refractivity contribution is 7.89. The summed E-state index contributed by atoms with van der Waals surface area (Å²) in [5.41, 5.74) is 5.70. The molecule has 0 fully saturated rings. The van der Waals surface area contributed by atoms with Gasteiger partial charge in [-0.15, -0.1) is 0 Å². The highest BCUT2D eigenvalue weighted by Gasteiger charge is 2.20. The number of ether oxygens (including phenoxy) is 1. The molecule has 1 unspecified atom stereocenters. The molecule has 1 amide bonds. The molecule has 0 aliphatic rings. The van der Waals surface area contributed by atoms with Crippen LogP contribution in [-0.2, 0) is 14.8 Å². The van der Waals surface area contributed by atoms with E-state index in [-0.39, 0.29) is 4.90 Å². The van der Waals surface area contributed by atoms with Crippen LogP contribution in [0.1, 0.15) is 12.5 Å². The Morgan fingerprint density at radius 1 is 1.44 bits per heavy atom. The van der Waals surface area contributed by atoms with Crippen LogP contribution < -0.4 is 15.2 Å². The van der Waals surface area contributed by atoms with Crippen LogP contribution in [0.2, 0.25) is 0 Å². The van der Waals surface area contributed by atoms with Crippen molar-refractivity contribution in [2.75, 3.05) is 7.11 Å². The number of carbonyl (C=O) groups excluding carboxylic acids is 1. The van der Waals surface area contributed by atoms with Crippen LogP contribution in [-0.4, -0.2) is 27.5 Å². The predicted octanol–water partition coefficient (Wildman–Crippen LogP) is 0.156. The van der Waals surface area contributed by atoms with Gasteiger partial charge in [0.2, 0.25) is 15.9 Å². The third-order valence-electron chi connectivity index (χ3n) is 2.44. The van der Waals surface area contributed by atoms with Gasteiger partial charge in [-0.1, -0.05) is 0 Å². The Morgan fingerprint density at radius 3 is 2.50 bits per heavy atom. The number of hydrogen-bond acceptors (Lipinski definition) is 4. The molecule has 100 valence electrons. The van der Waals surface area contributed by atoms with E-state index in [9.17, 15) is 13.2 Å². The fourth-order valence-corrected chi connectivity index (χ4v) is 2.67. The summed E-state index contributed by atoms with van der Waals surface area (Å²) in [6.45, 7) is 3.12. The molecule has 1 atom stereocenters. The SMILES string of the molecule is COc1ccc(S(=O)(=O)NC(C)C(N)=O)cc1C. The van der Waals surface area contributed by atoms with Gasteiger partial charge < -0.3 is 10.5 Å². The second-order valence-corrected chi connectivity index (χ2v) is 5.59. The largest absolute Gasteiger partial charge is 0.496 e. The molecule has 1 aromatic carbocycles. The highest BCUT2D eigenvalue weighted by Crippen LogP contribution is 2.21. The number of benzene rings is 1. The van der Waals surface area contributed by atoms with Crippen LogP contribution in [0.25, 0.3) is 0 Å². The average molecular weight is 272 g/mol. The third kappa shape index (κ3) is 3.21. The summed E-state index contributed by atoms with van der Waals surface area (Å²) in [5, 5.41) is 0. The fourth-order valence-electron chi connectivity index (χ4n) is 1.38. The van der Waals surface area contributed by atoms with Gasteiger partial charge >= 0.3 is 0 Å². The summed E-state index contributed by atoms with van der Waals surface area (Å²) in [4.78, 5) is 10.9. The van der Waals surface area contributed by atoms with E-state index in [1.807, 2.05) is 0 Å². The van der Waals surface area contributed by atoms with E-state index in [0.717, 1.165) is 0 Å². The summed E-state index contributed by atoms with van der Waals surface area (Å²) in [6, 6.07) is 3.47. The molecule has 0 aromatic heterocycles. The van der Waals surface area contributed by atoms with Crippen LogP contribution in [0.3, 0.4) is 0 Å². The van der Waals surface area contributed by atoms with Gasteiger partial charge in [-0.25, -0.2) is 8.42 Å². The second-order valence-electron chi connectivity index (χ2n) is 3.88. The third-order valence-corrected chi connectivity index (χ3v) is 3.97. The van der Waals surface area contributed by atoms with E-state index in [1.165, 1.54) is 26.2 Å². The molecule has 0 bridgehead atoms. The van der Waals surface area contributed by atoms with Crippen molar-refractivity contribution in [3.8, 4) is 5.75 Å². The molecule has 1 rings (SSSR count). The monoisotopic (exact) mass is 272 g/mol. The number of aryl methyl sites for hydroxylation is 1. The molecule has 0 heterocycles. The Bertz CT molecular complexity index is 554. The Morgan fingerprint density at radius 2 is 2.06 bits per heavy atom. The molecule has 7 heteroatoms. The molecule has 3 N–H and O–H groups in total. The minimum absolute atomic E-state index is 0.0638. The summed E-state index contributed by atoms with van der Waals surface area (Å²) in [6.07, 6.45) is 0. The topological polar surface area (TPSA) is 98.5 Å². The van der Waals surface area contributed by atoms with Crippen molar-refractivity contribution < 1.29 is 17.9 Å². The predicted molar refractivity (Wildman–Crippen MR) is 66.7 cm³/mol. The summed E-state index contributed by atoms with van der Waals surface area (Å²) < 4.78 is 31.1. The first kappa shape index (κ1) is 14.5. The van der Waals surface area contributed by atoms with Crippen LogP contribution >= 0.6 is 0 Å². The van der Waals surface area contributed by atoms with Crippen molar-refractivity contribution in [3.05, 3.63) is 23.8 Å². The number of rotatable bonds is 5. The number of sulfonamides is 1. The van der Waals surface area contributed by atoms with Crippen LogP contribution in [0.4, 0.5) is 0 Å². The Balaban J connectivity index is 3.06. The maximum absolute atomic E-state index is 11.9. The number of methoxy groups -OCH3 is 1. The molecule has 1 aromatic rings. The summed E-state index contributed by atoms with van der Waals surface area (Å²) in [5.74, 6) is -0.138. The quantitative estimate of drug-likeness (QED) is 0.797. The lowest BCUT2D eigenvalue weighted by Gasteiger charge is -2.12.